The maximum atomic E-state index is 12.3. The molecule has 1 aromatic heterocycles. The van der Waals surface area contributed by atoms with Gasteiger partial charge in [-0.3, -0.25) is 4.68 Å². The fourth-order valence-electron chi connectivity index (χ4n) is 3.79. The van der Waals surface area contributed by atoms with Crippen LogP contribution >= 0.6 is 0 Å². The van der Waals surface area contributed by atoms with E-state index in [4.69, 9.17) is 4.74 Å². The summed E-state index contributed by atoms with van der Waals surface area (Å²) in [4.78, 5) is 14.2. The number of carbonyl (C=O) groups excluding carboxylic acids is 1. The Morgan fingerprint density at radius 1 is 1.42 bits per heavy atom. The Hall–Kier alpha value is -1.56. The molecule has 1 atom stereocenters. The van der Waals surface area contributed by atoms with Crippen LogP contribution in [0.25, 0.3) is 0 Å². The van der Waals surface area contributed by atoms with Gasteiger partial charge in [0.15, 0.2) is 0 Å². The van der Waals surface area contributed by atoms with Crippen LogP contribution in [-0.4, -0.2) is 53.1 Å². The molecule has 1 aliphatic carbocycles. The SMILES string of the molecule is Cc1cnn(CC2CN(C(=O)NCCCC3CCCC3)CCO2)c1. The molecule has 2 aliphatic rings. The summed E-state index contributed by atoms with van der Waals surface area (Å²) in [6, 6.07) is 0.0476. The zero-order valence-electron chi connectivity index (χ0n) is 14.7. The monoisotopic (exact) mass is 334 g/mol. The lowest BCUT2D eigenvalue weighted by Crippen LogP contribution is -2.50. The molecule has 0 spiro atoms. The summed E-state index contributed by atoms with van der Waals surface area (Å²) in [5.74, 6) is 0.896. The Bertz CT molecular complexity index is 525. The summed E-state index contributed by atoms with van der Waals surface area (Å²) in [6.45, 7) is 5.41. The molecule has 6 nitrogen and oxygen atoms in total. The van der Waals surface area contributed by atoms with Crippen molar-refractivity contribution in [1.29, 1.82) is 0 Å². The summed E-state index contributed by atoms with van der Waals surface area (Å²) in [5, 5.41) is 7.37. The smallest absolute Gasteiger partial charge is 0.317 e. The molecule has 1 saturated carbocycles. The molecule has 1 unspecified atom stereocenters. The zero-order valence-corrected chi connectivity index (χ0v) is 14.7. The number of nitrogens with zero attached hydrogens (tertiary/aromatic N) is 3. The van der Waals surface area contributed by atoms with E-state index in [2.05, 4.69) is 10.4 Å². The highest BCUT2D eigenvalue weighted by atomic mass is 16.5. The van der Waals surface area contributed by atoms with Crippen molar-refractivity contribution in [3.05, 3.63) is 18.0 Å². The number of nitrogens with one attached hydrogen (secondary N) is 1. The third kappa shape index (κ3) is 4.97. The van der Waals surface area contributed by atoms with Crippen LogP contribution in [0.5, 0.6) is 0 Å². The number of urea groups is 1. The molecule has 6 heteroatoms. The Balaban J connectivity index is 1.36. The number of aryl methyl sites for hydroxylation is 1. The number of aromatic nitrogens is 2. The van der Waals surface area contributed by atoms with Gasteiger partial charge in [-0.05, 0) is 31.2 Å². The van der Waals surface area contributed by atoms with Crippen LogP contribution in [0, 0.1) is 12.8 Å². The largest absolute Gasteiger partial charge is 0.373 e. The van der Waals surface area contributed by atoms with E-state index in [0.717, 1.165) is 24.4 Å². The molecule has 134 valence electrons. The van der Waals surface area contributed by atoms with Crippen molar-refractivity contribution in [3.8, 4) is 0 Å². The molecule has 2 fully saturated rings. The van der Waals surface area contributed by atoms with Gasteiger partial charge in [-0.15, -0.1) is 0 Å². The first kappa shape index (κ1) is 17.3. The molecule has 1 aliphatic heterocycles. The lowest BCUT2D eigenvalue weighted by molar-refractivity contribution is -0.0237. The minimum absolute atomic E-state index is 0.0160. The average molecular weight is 334 g/mol. The molecule has 0 radical (unpaired) electrons. The highest BCUT2D eigenvalue weighted by Gasteiger charge is 2.24. The summed E-state index contributed by atoms with van der Waals surface area (Å²) >= 11 is 0. The van der Waals surface area contributed by atoms with Crippen molar-refractivity contribution in [1.82, 2.24) is 20.0 Å². The van der Waals surface area contributed by atoms with E-state index < -0.39 is 0 Å². The van der Waals surface area contributed by atoms with Gasteiger partial charge in [0.05, 0.1) is 32.0 Å². The quantitative estimate of drug-likeness (QED) is 0.814. The van der Waals surface area contributed by atoms with Crippen LogP contribution in [0.3, 0.4) is 0 Å². The van der Waals surface area contributed by atoms with Crippen molar-refractivity contribution in [2.24, 2.45) is 5.92 Å². The van der Waals surface area contributed by atoms with Gasteiger partial charge >= 0.3 is 6.03 Å². The van der Waals surface area contributed by atoms with E-state index >= 15 is 0 Å². The van der Waals surface area contributed by atoms with Gasteiger partial charge in [0.25, 0.3) is 0 Å². The van der Waals surface area contributed by atoms with E-state index in [1.807, 2.05) is 28.9 Å². The van der Waals surface area contributed by atoms with Crippen LogP contribution in [0.15, 0.2) is 12.4 Å². The predicted octanol–water partition coefficient (Wildman–Crippen LogP) is 2.57. The standard InChI is InChI=1S/C18H30N4O2/c1-15-11-20-22(12-15)14-17-13-21(9-10-24-17)18(23)19-8-4-7-16-5-2-3-6-16/h11-12,16-17H,2-10,13-14H2,1H3,(H,19,23). The number of morpholine rings is 1. The van der Waals surface area contributed by atoms with Gasteiger partial charge in [-0.25, -0.2) is 4.79 Å². The molecule has 1 aromatic rings. The van der Waals surface area contributed by atoms with Crippen molar-refractivity contribution in [2.75, 3.05) is 26.2 Å². The first-order valence-corrected chi connectivity index (χ1v) is 9.34. The van der Waals surface area contributed by atoms with Gasteiger partial charge in [-0.1, -0.05) is 25.7 Å². The van der Waals surface area contributed by atoms with E-state index in [1.54, 1.807) is 0 Å². The maximum Gasteiger partial charge on any atom is 0.317 e. The van der Waals surface area contributed by atoms with E-state index in [9.17, 15) is 4.79 Å². The summed E-state index contributed by atoms with van der Waals surface area (Å²) in [5.41, 5.74) is 1.14. The molecule has 0 bridgehead atoms. The highest BCUT2D eigenvalue weighted by Crippen LogP contribution is 2.28. The first-order chi connectivity index (χ1) is 11.7. The van der Waals surface area contributed by atoms with E-state index in [-0.39, 0.29) is 12.1 Å². The van der Waals surface area contributed by atoms with Crippen LogP contribution in [0.4, 0.5) is 4.79 Å². The van der Waals surface area contributed by atoms with E-state index in [0.29, 0.717) is 26.2 Å². The minimum Gasteiger partial charge on any atom is -0.373 e. The molecule has 3 rings (SSSR count). The van der Waals surface area contributed by atoms with Crippen molar-refractivity contribution in [2.45, 2.75) is 58.1 Å². The summed E-state index contributed by atoms with van der Waals surface area (Å²) in [6.07, 6.45) is 11.8. The second kappa shape index (κ2) is 8.51. The van der Waals surface area contributed by atoms with Crippen molar-refractivity contribution < 1.29 is 9.53 Å². The van der Waals surface area contributed by atoms with Gasteiger partial charge in [0, 0.05) is 19.3 Å². The average Bonchev–Trinajstić information content (AvgIpc) is 3.23. The van der Waals surface area contributed by atoms with Gasteiger partial charge in [-0.2, -0.15) is 5.10 Å². The Morgan fingerprint density at radius 3 is 3.00 bits per heavy atom. The highest BCUT2D eigenvalue weighted by molar-refractivity contribution is 5.74. The van der Waals surface area contributed by atoms with Crippen molar-refractivity contribution >= 4 is 6.03 Å². The maximum absolute atomic E-state index is 12.3. The Kier molecular flexibility index (Phi) is 6.12. The molecule has 0 aromatic carbocycles. The fourth-order valence-corrected chi connectivity index (χ4v) is 3.79. The molecular weight excluding hydrogens is 304 g/mol. The molecule has 24 heavy (non-hydrogen) atoms. The minimum atomic E-state index is 0.0160. The summed E-state index contributed by atoms with van der Waals surface area (Å²) < 4.78 is 7.67. The topological polar surface area (TPSA) is 59.4 Å². The second-order valence-electron chi connectivity index (χ2n) is 7.20. The third-order valence-electron chi connectivity index (χ3n) is 5.12. The van der Waals surface area contributed by atoms with Crippen LogP contribution in [0.1, 0.15) is 44.1 Å². The number of rotatable bonds is 6. The molecular formula is C18H30N4O2. The predicted molar refractivity (Wildman–Crippen MR) is 92.9 cm³/mol. The Morgan fingerprint density at radius 2 is 2.25 bits per heavy atom. The van der Waals surface area contributed by atoms with Gasteiger partial charge in [0.1, 0.15) is 0 Å². The van der Waals surface area contributed by atoms with Gasteiger partial charge in [0.2, 0.25) is 0 Å². The van der Waals surface area contributed by atoms with Crippen LogP contribution in [0.2, 0.25) is 0 Å². The van der Waals surface area contributed by atoms with Crippen LogP contribution < -0.4 is 5.32 Å². The lowest BCUT2D eigenvalue weighted by atomic mass is 10.0. The number of hydrogen-bond donors (Lipinski definition) is 1. The first-order valence-electron chi connectivity index (χ1n) is 9.34. The third-order valence-corrected chi connectivity index (χ3v) is 5.12. The van der Waals surface area contributed by atoms with Gasteiger partial charge < -0.3 is 15.0 Å². The van der Waals surface area contributed by atoms with E-state index in [1.165, 1.54) is 32.1 Å². The molecule has 1 N–H and O–H groups in total. The van der Waals surface area contributed by atoms with Crippen LogP contribution in [-0.2, 0) is 11.3 Å². The Labute approximate surface area is 144 Å². The normalized spacial score (nSPS) is 22.0. The fraction of sp³-hybridized carbons (Fsp3) is 0.778. The number of hydrogen-bond acceptors (Lipinski definition) is 3. The lowest BCUT2D eigenvalue weighted by Gasteiger charge is -2.33. The molecule has 2 heterocycles. The summed E-state index contributed by atoms with van der Waals surface area (Å²) in [7, 11) is 0. The number of ether oxygens (including phenoxy) is 1. The number of amides is 2. The van der Waals surface area contributed by atoms with Crippen molar-refractivity contribution in [3.63, 3.8) is 0 Å². The molecule has 2 amide bonds. The number of carbonyl (C=O) groups is 1. The second-order valence-corrected chi connectivity index (χ2v) is 7.20. The molecule has 1 saturated heterocycles. The zero-order chi connectivity index (χ0) is 16.8.